The van der Waals surface area contributed by atoms with Gasteiger partial charge in [0.05, 0.1) is 31.2 Å². The smallest absolute Gasteiger partial charge is 0.249 e. The van der Waals surface area contributed by atoms with Gasteiger partial charge in [0.25, 0.3) is 0 Å². The van der Waals surface area contributed by atoms with E-state index in [-0.39, 0.29) is 17.3 Å². The van der Waals surface area contributed by atoms with Crippen molar-refractivity contribution in [1.82, 2.24) is 14.9 Å². The summed E-state index contributed by atoms with van der Waals surface area (Å²) in [6.45, 7) is 0. The van der Waals surface area contributed by atoms with Gasteiger partial charge in [0.15, 0.2) is 11.5 Å². The van der Waals surface area contributed by atoms with E-state index in [1.54, 1.807) is 42.9 Å². The molecule has 0 saturated carbocycles. The van der Waals surface area contributed by atoms with Crippen LogP contribution in [-0.2, 0) is 0 Å². The lowest BCUT2D eigenvalue weighted by Gasteiger charge is -2.14. The summed E-state index contributed by atoms with van der Waals surface area (Å²) in [5.41, 5.74) is 1.89. The number of carbonyl (C=O) groups is 1. The molecule has 2 atom stereocenters. The highest BCUT2D eigenvalue weighted by atomic mass is 32.2. The number of fused-ring (bicyclic) bond motifs is 1. The zero-order valence-corrected chi connectivity index (χ0v) is 15.3. The molecule has 3 aromatic rings. The standard InChI is InChI=1S/C19H19N3O3S/c1-24-16-8-12-5-7-22(15(12)9-17(16)25-2)19(23)14-11-26-18(21-14)13-4-3-6-20-10-13/h3-10,14,18,21H,11H2,1-2H3. The van der Waals surface area contributed by atoms with Gasteiger partial charge in [0.1, 0.15) is 0 Å². The molecule has 26 heavy (non-hydrogen) atoms. The molecule has 1 saturated heterocycles. The highest BCUT2D eigenvalue weighted by Crippen LogP contribution is 2.35. The summed E-state index contributed by atoms with van der Waals surface area (Å²) in [7, 11) is 3.19. The Kier molecular flexibility index (Phi) is 4.57. The lowest BCUT2D eigenvalue weighted by molar-refractivity contribution is 0.0879. The zero-order valence-electron chi connectivity index (χ0n) is 14.5. The number of benzene rings is 1. The lowest BCUT2D eigenvalue weighted by Crippen LogP contribution is -2.37. The van der Waals surface area contributed by atoms with Crippen LogP contribution in [0.1, 0.15) is 15.7 Å². The van der Waals surface area contributed by atoms with Gasteiger partial charge in [0, 0.05) is 35.8 Å². The Morgan fingerprint density at radius 2 is 2.08 bits per heavy atom. The number of thioether (sulfide) groups is 1. The van der Waals surface area contributed by atoms with Crippen molar-refractivity contribution in [3.05, 3.63) is 54.5 Å². The van der Waals surface area contributed by atoms with Gasteiger partial charge in [-0.1, -0.05) is 6.07 Å². The molecular formula is C19H19N3O3S. The van der Waals surface area contributed by atoms with E-state index < -0.39 is 0 Å². The van der Waals surface area contributed by atoms with Crippen LogP contribution in [-0.4, -0.2) is 41.5 Å². The van der Waals surface area contributed by atoms with Crippen LogP contribution in [0.4, 0.5) is 0 Å². The average Bonchev–Trinajstić information content (AvgIpc) is 3.34. The van der Waals surface area contributed by atoms with Crippen LogP contribution in [0.2, 0.25) is 0 Å². The maximum absolute atomic E-state index is 13.1. The average molecular weight is 369 g/mol. The van der Waals surface area contributed by atoms with Crippen molar-refractivity contribution in [2.45, 2.75) is 11.4 Å². The molecule has 0 spiro atoms. The highest BCUT2D eigenvalue weighted by molar-refractivity contribution is 7.99. The molecular weight excluding hydrogens is 350 g/mol. The minimum Gasteiger partial charge on any atom is -0.493 e. The van der Waals surface area contributed by atoms with Crippen molar-refractivity contribution in [2.75, 3.05) is 20.0 Å². The van der Waals surface area contributed by atoms with Crippen LogP contribution in [0.3, 0.4) is 0 Å². The molecule has 1 aliphatic rings. The summed E-state index contributed by atoms with van der Waals surface area (Å²) in [5.74, 6) is 1.99. The maximum atomic E-state index is 13.1. The lowest BCUT2D eigenvalue weighted by atomic mass is 10.2. The van der Waals surface area contributed by atoms with Crippen LogP contribution in [0, 0.1) is 0 Å². The second-order valence-electron chi connectivity index (χ2n) is 6.01. The number of rotatable bonds is 4. The summed E-state index contributed by atoms with van der Waals surface area (Å²) >= 11 is 1.72. The van der Waals surface area contributed by atoms with E-state index >= 15 is 0 Å². The minimum atomic E-state index is -0.256. The van der Waals surface area contributed by atoms with Crippen LogP contribution >= 0.6 is 11.8 Å². The van der Waals surface area contributed by atoms with Gasteiger partial charge < -0.3 is 9.47 Å². The van der Waals surface area contributed by atoms with E-state index in [1.165, 1.54) is 0 Å². The Hall–Kier alpha value is -2.51. The van der Waals surface area contributed by atoms with Gasteiger partial charge in [-0.2, -0.15) is 0 Å². The fraction of sp³-hybridized carbons (Fsp3) is 0.263. The van der Waals surface area contributed by atoms with Gasteiger partial charge in [-0.3, -0.25) is 19.7 Å². The zero-order chi connectivity index (χ0) is 18.1. The SMILES string of the molecule is COc1cc2ccn(C(=O)C3CSC(c4cccnc4)N3)c2cc1OC. The summed E-state index contributed by atoms with van der Waals surface area (Å²) in [6, 6.07) is 9.31. The molecule has 1 fully saturated rings. The number of ether oxygens (including phenoxy) is 2. The Morgan fingerprint density at radius 3 is 2.81 bits per heavy atom. The van der Waals surface area contributed by atoms with E-state index in [0.29, 0.717) is 17.3 Å². The predicted octanol–water partition coefficient (Wildman–Crippen LogP) is 3.10. The highest BCUT2D eigenvalue weighted by Gasteiger charge is 2.32. The maximum Gasteiger partial charge on any atom is 0.249 e. The van der Waals surface area contributed by atoms with E-state index in [9.17, 15) is 4.79 Å². The van der Waals surface area contributed by atoms with E-state index in [1.807, 2.05) is 36.5 Å². The van der Waals surface area contributed by atoms with Gasteiger partial charge >= 0.3 is 0 Å². The number of methoxy groups -OCH3 is 2. The van der Waals surface area contributed by atoms with Crippen molar-refractivity contribution >= 4 is 28.6 Å². The quantitative estimate of drug-likeness (QED) is 0.762. The largest absolute Gasteiger partial charge is 0.493 e. The molecule has 3 heterocycles. The second-order valence-corrected chi connectivity index (χ2v) is 7.15. The molecule has 7 heteroatoms. The fourth-order valence-electron chi connectivity index (χ4n) is 3.16. The normalized spacial score (nSPS) is 19.6. The summed E-state index contributed by atoms with van der Waals surface area (Å²) in [4.78, 5) is 17.2. The minimum absolute atomic E-state index is 0.0195. The number of hydrogen-bond acceptors (Lipinski definition) is 6. The van der Waals surface area contributed by atoms with Gasteiger partial charge in [-0.15, -0.1) is 11.8 Å². The summed E-state index contributed by atoms with van der Waals surface area (Å²) in [6.07, 6.45) is 5.38. The molecule has 0 aliphatic carbocycles. The molecule has 4 rings (SSSR count). The molecule has 1 aliphatic heterocycles. The van der Waals surface area contributed by atoms with Crippen molar-refractivity contribution in [3.8, 4) is 11.5 Å². The number of aromatic nitrogens is 2. The molecule has 0 radical (unpaired) electrons. The molecule has 0 amide bonds. The Bertz CT molecular complexity index is 942. The van der Waals surface area contributed by atoms with Crippen molar-refractivity contribution < 1.29 is 14.3 Å². The Morgan fingerprint density at radius 1 is 1.27 bits per heavy atom. The van der Waals surface area contributed by atoms with E-state index in [2.05, 4.69) is 10.3 Å². The monoisotopic (exact) mass is 369 g/mol. The number of pyridine rings is 1. The summed E-state index contributed by atoms with van der Waals surface area (Å²) < 4.78 is 12.4. The molecule has 0 bridgehead atoms. The van der Waals surface area contributed by atoms with E-state index in [0.717, 1.165) is 16.5 Å². The van der Waals surface area contributed by atoms with E-state index in [4.69, 9.17) is 9.47 Å². The van der Waals surface area contributed by atoms with Crippen LogP contribution < -0.4 is 14.8 Å². The van der Waals surface area contributed by atoms with Gasteiger partial charge in [-0.25, -0.2) is 0 Å². The predicted molar refractivity (Wildman–Crippen MR) is 102 cm³/mol. The third kappa shape index (κ3) is 2.93. The molecule has 134 valence electrons. The second kappa shape index (κ2) is 7.01. The van der Waals surface area contributed by atoms with Crippen LogP contribution in [0.5, 0.6) is 11.5 Å². The molecule has 2 unspecified atom stereocenters. The first kappa shape index (κ1) is 16.9. The molecule has 1 aromatic carbocycles. The number of nitrogens with one attached hydrogen (secondary N) is 1. The van der Waals surface area contributed by atoms with Gasteiger partial charge in [0.2, 0.25) is 5.91 Å². The first-order valence-electron chi connectivity index (χ1n) is 8.26. The molecule has 1 N–H and O–H groups in total. The fourth-order valence-corrected chi connectivity index (χ4v) is 4.37. The molecule has 6 nitrogen and oxygen atoms in total. The number of hydrogen-bond donors (Lipinski definition) is 1. The van der Waals surface area contributed by atoms with Crippen LogP contribution in [0.15, 0.2) is 48.9 Å². The molecule has 2 aromatic heterocycles. The number of nitrogens with zero attached hydrogens (tertiary/aromatic N) is 2. The van der Waals surface area contributed by atoms with Gasteiger partial charge in [-0.05, 0) is 23.8 Å². The third-order valence-corrected chi connectivity index (χ3v) is 5.77. The topological polar surface area (TPSA) is 65.4 Å². The van der Waals surface area contributed by atoms with Crippen molar-refractivity contribution in [1.29, 1.82) is 0 Å². The first-order valence-corrected chi connectivity index (χ1v) is 9.31. The Balaban J connectivity index is 1.61. The van der Waals surface area contributed by atoms with Crippen molar-refractivity contribution in [3.63, 3.8) is 0 Å². The number of carbonyl (C=O) groups excluding carboxylic acids is 1. The summed E-state index contributed by atoms with van der Waals surface area (Å²) in [5, 5.41) is 4.42. The first-order chi connectivity index (χ1) is 12.7. The third-order valence-electron chi connectivity index (χ3n) is 4.50. The Labute approximate surface area is 155 Å². The van der Waals surface area contributed by atoms with Crippen molar-refractivity contribution in [2.24, 2.45) is 0 Å². The van der Waals surface area contributed by atoms with Crippen LogP contribution in [0.25, 0.3) is 10.9 Å².